The molecule has 10 aromatic rings. The fourth-order valence-electron chi connectivity index (χ4n) is 8.29. The second kappa shape index (κ2) is 24.6. The Morgan fingerprint density at radius 2 is 0.725 bits per heavy atom. The first-order valence-electron chi connectivity index (χ1n) is 22.7. The van der Waals surface area contributed by atoms with Gasteiger partial charge in [0.25, 0.3) is 0 Å². The third-order valence-electron chi connectivity index (χ3n) is 11.5. The van der Waals surface area contributed by atoms with Crippen molar-refractivity contribution in [3.8, 4) is 22.3 Å². The molecule has 4 nitrogen and oxygen atoms in total. The van der Waals surface area contributed by atoms with E-state index < -0.39 is 5.54 Å². The molecule has 0 amide bonds. The maximum absolute atomic E-state index is 5.57. The van der Waals surface area contributed by atoms with Crippen LogP contribution in [0.25, 0.3) is 22.3 Å². The number of nitrogens with one attached hydrogen (secondary N) is 2. The van der Waals surface area contributed by atoms with Gasteiger partial charge in [0.1, 0.15) is 0 Å². The molecule has 69 heavy (non-hydrogen) atoms. The molecule has 9 heteroatoms. The summed E-state index contributed by atoms with van der Waals surface area (Å²) in [6, 6.07) is 96.5. The molecular formula is C60H50B2CaCl2N4. The number of nitrogens with zero attached hydrogens (tertiary/aromatic N) is 2. The average Bonchev–Trinajstić information content (AvgIpc) is 3.76. The van der Waals surface area contributed by atoms with Gasteiger partial charge in [-0.15, -0.1) is 0 Å². The van der Waals surface area contributed by atoms with Crippen LogP contribution < -0.4 is 31.2 Å². The number of anilines is 8. The Bertz CT molecular complexity index is 3110. The van der Waals surface area contributed by atoms with Crippen molar-refractivity contribution in [1.82, 2.24) is 0 Å². The van der Waals surface area contributed by atoms with Crippen LogP contribution in [0.4, 0.5) is 45.5 Å². The normalized spacial score (nSPS) is 11.1. The number of halogens is 2. The second-order valence-electron chi connectivity index (χ2n) is 16.1. The fraction of sp³-hybridized carbons (Fsp3) is 0. The van der Waals surface area contributed by atoms with Crippen molar-refractivity contribution in [3.63, 3.8) is 0 Å². The molecule has 0 atom stereocenters. The Kier molecular flexibility index (Phi) is 17.4. The van der Waals surface area contributed by atoms with Gasteiger partial charge < -0.3 is 23.1 Å². The molecule has 0 saturated carbocycles. The maximum Gasteiger partial charge on any atom is 2.00 e. The maximum atomic E-state index is 5.57. The zero-order chi connectivity index (χ0) is 46.3. The number of rotatable bonds is 10. The molecule has 0 saturated heterocycles. The van der Waals surface area contributed by atoms with E-state index >= 15 is 0 Å². The zero-order valence-electron chi connectivity index (χ0n) is 40.1. The van der Waals surface area contributed by atoms with Gasteiger partial charge in [-0.3, -0.25) is 0 Å². The Hall–Kier alpha value is -6.63. The zero-order valence-corrected chi connectivity index (χ0v) is 41.8. The molecule has 1 aliphatic heterocycles. The van der Waals surface area contributed by atoms with Gasteiger partial charge in [0, 0.05) is 22.7 Å². The number of hydrogen-bond acceptors (Lipinski definition) is 4. The van der Waals surface area contributed by atoms with Gasteiger partial charge in [0.05, 0.1) is 22.7 Å². The molecule has 0 fully saturated rings. The van der Waals surface area contributed by atoms with E-state index in [1.54, 1.807) is 0 Å². The third-order valence-corrected chi connectivity index (χ3v) is 12.0. The SMILES string of the molecule is ClB(Cl)c1ccccc1.[Ca+2].[H-].[H-].c1ccc(B2N(c3ccccc3)c3ccc(-c4ccccc4)cc3N2c2ccccc2)cc1.c1ccc(Nc2ccc(-c3ccccc3)cc2Nc2ccccc2)cc1. The molecule has 332 valence electrons. The fourth-order valence-corrected chi connectivity index (χ4v) is 8.58. The van der Waals surface area contributed by atoms with Gasteiger partial charge in [-0.25, -0.2) is 0 Å². The van der Waals surface area contributed by atoms with Crippen molar-refractivity contribution in [1.29, 1.82) is 0 Å². The molecule has 0 unspecified atom stereocenters. The minimum Gasteiger partial charge on any atom is -1.00 e. The van der Waals surface area contributed by atoms with Crippen LogP contribution in [0.2, 0.25) is 0 Å². The monoisotopic (exact) mass is 958 g/mol. The van der Waals surface area contributed by atoms with Crippen LogP contribution in [-0.2, 0) is 0 Å². The van der Waals surface area contributed by atoms with Crippen molar-refractivity contribution in [2.45, 2.75) is 0 Å². The summed E-state index contributed by atoms with van der Waals surface area (Å²) in [4.78, 5) is 4.91. The van der Waals surface area contributed by atoms with Crippen LogP contribution >= 0.6 is 22.9 Å². The molecule has 0 bridgehead atoms. The van der Waals surface area contributed by atoms with E-state index in [0.29, 0.717) is 0 Å². The van der Waals surface area contributed by atoms with E-state index in [4.69, 9.17) is 22.9 Å². The van der Waals surface area contributed by atoms with Crippen LogP contribution in [0.3, 0.4) is 0 Å². The van der Waals surface area contributed by atoms with Crippen molar-refractivity contribution < 1.29 is 2.85 Å². The summed E-state index contributed by atoms with van der Waals surface area (Å²) in [5.74, 6) is 0. The largest absolute Gasteiger partial charge is 2.00 e. The van der Waals surface area contributed by atoms with Gasteiger partial charge in [-0.2, -0.15) is 22.9 Å². The molecule has 11 rings (SSSR count). The standard InChI is InChI=1S/C30H23BN2.C24H20N2.C6H5BCl2.Ca.2H/c1-5-13-24(14-6-1)25-21-22-29-30(23-25)33(28-19-11-4-12-20-28)31(26-15-7-2-8-16-26)32(29)27-17-9-3-10-18-27;1-4-10-19(11-5-1)20-16-17-23(25-21-12-6-2-7-13-21)24(18-20)26-22-14-8-3-9-15-22;8-7(9)6-4-2-1-3-5-6;;;/h1-23H;1-18,25-26H;1-5H;;;/q;;;+2;2*-1. The molecule has 0 aliphatic carbocycles. The van der Waals surface area contributed by atoms with Gasteiger partial charge in [0.2, 0.25) is 0 Å². The minimum absolute atomic E-state index is 0. The summed E-state index contributed by atoms with van der Waals surface area (Å²) < 4.78 is 0. The summed E-state index contributed by atoms with van der Waals surface area (Å²) in [6.07, 6.45) is 0. The molecule has 1 aliphatic rings. The smallest absolute Gasteiger partial charge is 1.00 e. The Balaban J connectivity index is 0.000000194. The Morgan fingerprint density at radius 3 is 1.19 bits per heavy atom. The van der Waals surface area contributed by atoms with E-state index in [9.17, 15) is 0 Å². The van der Waals surface area contributed by atoms with E-state index in [-0.39, 0.29) is 47.6 Å². The number of para-hydroxylation sites is 4. The summed E-state index contributed by atoms with van der Waals surface area (Å²) in [5.41, 5.74) is 15.6. The predicted molar refractivity (Wildman–Crippen MR) is 304 cm³/mol. The molecular weight excluding hydrogens is 909 g/mol. The Labute approximate surface area is 450 Å². The summed E-state index contributed by atoms with van der Waals surface area (Å²) in [7, 11) is 0. The van der Waals surface area contributed by atoms with Crippen molar-refractivity contribution in [2.75, 3.05) is 20.3 Å². The van der Waals surface area contributed by atoms with Gasteiger partial charge in [-0.05, 0) is 106 Å². The first kappa shape index (κ1) is 48.8. The molecule has 0 radical (unpaired) electrons. The van der Waals surface area contributed by atoms with Crippen molar-refractivity contribution in [3.05, 3.63) is 279 Å². The quantitative estimate of drug-likeness (QED) is 0.134. The van der Waals surface area contributed by atoms with E-state index in [0.717, 1.165) is 28.2 Å². The van der Waals surface area contributed by atoms with Crippen molar-refractivity contribution in [2.24, 2.45) is 0 Å². The van der Waals surface area contributed by atoms with Crippen molar-refractivity contribution >= 4 is 130 Å². The molecule has 1 heterocycles. The molecule has 2 N–H and O–H groups in total. The number of benzene rings is 10. The van der Waals surface area contributed by atoms with Crippen LogP contribution in [0.15, 0.2) is 279 Å². The first-order valence-corrected chi connectivity index (χ1v) is 23.6. The van der Waals surface area contributed by atoms with Crippen LogP contribution in [0, 0.1) is 0 Å². The van der Waals surface area contributed by atoms with E-state index in [1.165, 1.54) is 50.5 Å². The number of fused-ring (bicyclic) bond motifs is 1. The van der Waals surface area contributed by atoms with Crippen LogP contribution in [-0.4, -0.2) is 50.3 Å². The van der Waals surface area contributed by atoms with E-state index in [1.807, 2.05) is 72.8 Å². The number of hydrogen-bond donors (Lipinski definition) is 2. The minimum atomic E-state index is -0.397. The first-order chi connectivity index (χ1) is 33.6. The van der Waals surface area contributed by atoms with Gasteiger partial charge >= 0.3 is 50.3 Å². The van der Waals surface area contributed by atoms with Gasteiger partial charge in [-0.1, -0.05) is 206 Å². The third kappa shape index (κ3) is 12.5. The molecule has 0 spiro atoms. The van der Waals surface area contributed by atoms with Gasteiger partial charge in [0.15, 0.2) is 0 Å². The summed E-state index contributed by atoms with van der Waals surface area (Å²) in [6.45, 7) is 0.0111. The summed E-state index contributed by atoms with van der Waals surface area (Å²) in [5, 5.41) is 7.05. The predicted octanol–water partition coefficient (Wildman–Crippen LogP) is 15.6. The Morgan fingerprint density at radius 1 is 0.348 bits per heavy atom. The molecule has 10 aromatic carbocycles. The summed E-state index contributed by atoms with van der Waals surface area (Å²) >= 11 is 11.1. The topological polar surface area (TPSA) is 30.5 Å². The van der Waals surface area contributed by atoms with Crippen LogP contribution in [0.1, 0.15) is 2.85 Å². The van der Waals surface area contributed by atoms with Crippen LogP contribution in [0.5, 0.6) is 0 Å². The average molecular weight is 960 g/mol. The van der Waals surface area contributed by atoms with E-state index in [2.05, 4.69) is 227 Å². The second-order valence-corrected chi connectivity index (χ2v) is 17.2. The molecule has 0 aromatic heterocycles.